The predicted molar refractivity (Wildman–Crippen MR) is 126 cm³/mol. The molecule has 0 fully saturated rings. The van der Waals surface area contributed by atoms with Gasteiger partial charge in [0.2, 0.25) is 0 Å². The molecule has 2 heterocycles. The van der Waals surface area contributed by atoms with E-state index in [0.29, 0.717) is 57.5 Å². The number of aromatic nitrogens is 3. The number of nitrogens with two attached hydrogens (primary N) is 1. The molecule has 0 unspecified atom stereocenters. The number of para-hydroxylation sites is 1. The van der Waals surface area contributed by atoms with Gasteiger partial charge in [-0.3, -0.25) is 0 Å². The van der Waals surface area contributed by atoms with Gasteiger partial charge in [0, 0.05) is 31.8 Å². The Morgan fingerprint density at radius 2 is 1.62 bits per heavy atom. The number of ether oxygens (including phenoxy) is 3. The third-order valence-electron chi connectivity index (χ3n) is 5.27. The van der Waals surface area contributed by atoms with E-state index in [9.17, 15) is 0 Å². The lowest BCUT2D eigenvalue weighted by molar-refractivity contribution is 0.0720. The van der Waals surface area contributed by atoms with Gasteiger partial charge in [0.1, 0.15) is 17.9 Å². The second-order valence-electron chi connectivity index (χ2n) is 7.53. The molecule has 168 valence electrons. The maximum Gasteiger partial charge on any atom is 0.152 e. The van der Waals surface area contributed by atoms with Gasteiger partial charge in [0.25, 0.3) is 0 Å². The molecule has 7 nitrogen and oxygen atoms in total. The molecule has 2 aromatic carbocycles. The number of nitrogen functional groups attached to an aromatic ring is 1. The van der Waals surface area contributed by atoms with Crippen molar-refractivity contribution in [2.45, 2.75) is 33.1 Å². The minimum Gasteiger partial charge on any atom is -0.382 e. The normalized spacial score (nSPS) is 11.5. The Morgan fingerprint density at radius 3 is 2.47 bits per heavy atom. The van der Waals surface area contributed by atoms with Crippen LogP contribution in [-0.2, 0) is 34.0 Å². The van der Waals surface area contributed by atoms with E-state index in [0.717, 1.165) is 28.7 Å². The van der Waals surface area contributed by atoms with Crippen molar-refractivity contribution in [3.63, 3.8) is 0 Å². The first-order valence-electron chi connectivity index (χ1n) is 11.1. The van der Waals surface area contributed by atoms with E-state index < -0.39 is 0 Å². The molecule has 0 aliphatic rings. The molecule has 7 heteroatoms. The summed E-state index contributed by atoms with van der Waals surface area (Å²) in [4.78, 5) is 9.26. The average Bonchev–Trinajstić information content (AvgIpc) is 3.19. The van der Waals surface area contributed by atoms with E-state index in [1.807, 2.05) is 43.3 Å². The molecule has 0 saturated heterocycles. The van der Waals surface area contributed by atoms with Gasteiger partial charge >= 0.3 is 0 Å². The van der Waals surface area contributed by atoms with E-state index in [1.165, 1.54) is 5.56 Å². The molecule has 4 rings (SSSR count). The molecular formula is C25H30N4O3. The van der Waals surface area contributed by atoms with E-state index in [-0.39, 0.29) is 0 Å². The van der Waals surface area contributed by atoms with Crippen LogP contribution >= 0.6 is 0 Å². The van der Waals surface area contributed by atoms with E-state index >= 15 is 0 Å². The van der Waals surface area contributed by atoms with Crippen molar-refractivity contribution in [2.75, 3.05) is 32.2 Å². The van der Waals surface area contributed by atoms with Gasteiger partial charge in [-0.05, 0) is 25.0 Å². The van der Waals surface area contributed by atoms with E-state index in [1.54, 1.807) is 0 Å². The molecule has 0 aliphatic carbocycles. The molecule has 0 bridgehead atoms. The summed E-state index contributed by atoms with van der Waals surface area (Å²) in [6.45, 7) is 6.20. The number of fused-ring (bicyclic) bond motifs is 3. The summed E-state index contributed by atoms with van der Waals surface area (Å²) in [7, 11) is 0. The highest BCUT2D eigenvalue weighted by molar-refractivity contribution is 6.06. The number of anilines is 1. The van der Waals surface area contributed by atoms with Crippen LogP contribution in [-0.4, -0.2) is 41.0 Å². The summed E-state index contributed by atoms with van der Waals surface area (Å²) >= 11 is 0. The standard InChI is InChI=1S/C25H30N4O3/c1-2-30-18-22-28-23-24(20-11-6-7-12-21(20)27-25(23)26)29(22)13-16-31-14-8-15-32-17-19-9-4-3-5-10-19/h3-7,9-12H,2,8,13-18H2,1H3,(H2,26,27). The van der Waals surface area contributed by atoms with Crippen LogP contribution in [0.5, 0.6) is 0 Å². The van der Waals surface area contributed by atoms with Gasteiger partial charge in [-0.25, -0.2) is 9.97 Å². The zero-order valence-corrected chi connectivity index (χ0v) is 18.5. The zero-order chi connectivity index (χ0) is 22.2. The fourth-order valence-electron chi connectivity index (χ4n) is 3.73. The summed E-state index contributed by atoms with van der Waals surface area (Å²) in [6.07, 6.45) is 0.850. The zero-order valence-electron chi connectivity index (χ0n) is 18.5. The van der Waals surface area contributed by atoms with Crippen LogP contribution in [0.4, 0.5) is 5.82 Å². The number of imidazole rings is 1. The van der Waals surface area contributed by atoms with Gasteiger partial charge < -0.3 is 24.5 Å². The Balaban J connectivity index is 1.37. The number of hydrogen-bond donors (Lipinski definition) is 1. The lowest BCUT2D eigenvalue weighted by atomic mass is 10.2. The molecule has 0 amide bonds. The van der Waals surface area contributed by atoms with Crippen molar-refractivity contribution >= 4 is 27.8 Å². The van der Waals surface area contributed by atoms with Crippen molar-refractivity contribution < 1.29 is 14.2 Å². The van der Waals surface area contributed by atoms with E-state index in [2.05, 4.69) is 27.8 Å². The molecule has 4 aromatic rings. The van der Waals surface area contributed by atoms with Crippen LogP contribution in [0.25, 0.3) is 21.9 Å². The number of benzene rings is 2. The molecule has 32 heavy (non-hydrogen) atoms. The molecule has 2 aromatic heterocycles. The van der Waals surface area contributed by atoms with Crippen molar-refractivity contribution in [1.82, 2.24) is 14.5 Å². The third-order valence-corrected chi connectivity index (χ3v) is 5.27. The Kier molecular flexibility index (Phi) is 7.66. The Labute approximate surface area is 188 Å². The smallest absolute Gasteiger partial charge is 0.152 e. The third kappa shape index (κ3) is 5.24. The van der Waals surface area contributed by atoms with Gasteiger partial charge in [-0.15, -0.1) is 0 Å². The van der Waals surface area contributed by atoms with Gasteiger partial charge in [-0.1, -0.05) is 48.5 Å². The Hall–Kier alpha value is -3.00. The summed E-state index contributed by atoms with van der Waals surface area (Å²) in [5.74, 6) is 1.27. The Morgan fingerprint density at radius 1 is 0.844 bits per heavy atom. The quantitative estimate of drug-likeness (QED) is 0.334. The maximum absolute atomic E-state index is 6.23. The Bertz CT molecular complexity index is 1140. The molecule has 0 radical (unpaired) electrons. The topological polar surface area (TPSA) is 84.4 Å². The fraction of sp³-hybridized carbons (Fsp3) is 0.360. The first-order valence-corrected chi connectivity index (χ1v) is 11.1. The van der Waals surface area contributed by atoms with Crippen molar-refractivity contribution in [3.8, 4) is 0 Å². The highest BCUT2D eigenvalue weighted by atomic mass is 16.5. The van der Waals surface area contributed by atoms with Gasteiger partial charge in [0.05, 0.1) is 24.2 Å². The van der Waals surface area contributed by atoms with Crippen LogP contribution in [0.15, 0.2) is 54.6 Å². The van der Waals surface area contributed by atoms with Crippen molar-refractivity contribution in [3.05, 3.63) is 66.0 Å². The molecule has 0 aliphatic heterocycles. The minimum atomic E-state index is 0.423. The van der Waals surface area contributed by atoms with Crippen LogP contribution in [0, 0.1) is 0 Å². The van der Waals surface area contributed by atoms with Crippen LogP contribution in [0.2, 0.25) is 0 Å². The maximum atomic E-state index is 6.23. The van der Waals surface area contributed by atoms with Gasteiger partial charge in [-0.2, -0.15) is 0 Å². The first kappa shape index (κ1) is 22.2. The largest absolute Gasteiger partial charge is 0.382 e. The fourth-order valence-corrected chi connectivity index (χ4v) is 3.73. The highest BCUT2D eigenvalue weighted by Gasteiger charge is 2.17. The average molecular weight is 435 g/mol. The number of pyridine rings is 1. The SMILES string of the molecule is CCOCc1nc2c(N)nc3ccccc3c2n1CCOCCCOCc1ccccc1. The second kappa shape index (κ2) is 11.0. The molecular weight excluding hydrogens is 404 g/mol. The first-order chi connectivity index (χ1) is 15.8. The molecule has 0 atom stereocenters. The lowest BCUT2D eigenvalue weighted by Gasteiger charge is -2.11. The van der Waals surface area contributed by atoms with Crippen LogP contribution in [0.1, 0.15) is 24.7 Å². The summed E-state index contributed by atoms with van der Waals surface area (Å²) in [5, 5.41) is 1.03. The molecule has 0 saturated carbocycles. The molecule has 0 spiro atoms. The monoisotopic (exact) mass is 434 g/mol. The number of hydrogen-bond acceptors (Lipinski definition) is 6. The van der Waals surface area contributed by atoms with Crippen LogP contribution < -0.4 is 5.73 Å². The highest BCUT2D eigenvalue weighted by Crippen LogP contribution is 2.29. The predicted octanol–water partition coefficient (Wildman–Crippen LogP) is 4.33. The molecule has 2 N–H and O–H groups in total. The van der Waals surface area contributed by atoms with Crippen molar-refractivity contribution in [1.29, 1.82) is 0 Å². The summed E-state index contributed by atoms with van der Waals surface area (Å²) in [6, 6.07) is 18.2. The number of rotatable bonds is 12. The van der Waals surface area contributed by atoms with Crippen molar-refractivity contribution in [2.24, 2.45) is 0 Å². The van der Waals surface area contributed by atoms with Crippen LogP contribution in [0.3, 0.4) is 0 Å². The van der Waals surface area contributed by atoms with Gasteiger partial charge in [0.15, 0.2) is 5.82 Å². The van der Waals surface area contributed by atoms with E-state index in [4.69, 9.17) is 24.9 Å². The number of nitrogens with zero attached hydrogens (tertiary/aromatic N) is 3. The summed E-state index contributed by atoms with van der Waals surface area (Å²) < 4.78 is 19.4. The minimum absolute atomic E-state index is 0.423. The second-order valence-corrected chi connectivity index (χ2v) is 7.53. The lowest BCUT2D eigenvalue weighted by Crippen LogP contribution is -2.12. The summed E-state index contributed by atoms with van der Waals surface area (Å²) in [5.41, 5.74) is 9.97.